The van der Waals surface area contributed by atoms with Crippen molar-refractivity contribution < 1.29 is 4.74 Å². The van der Waals surface area contributed by atoms with Crippen molar-refractivity contribution in [3.05, 3.63) is 54.1 Å². The first-order valence-corrected chi connectivity index (χ1v) is 7.46. The van der Waals surface area contributed by atoms with Crippen LogP contribution in [0.25, 0.3) is 11.1 Å². The minimum atomic E-state index is 0.925. The first-order valence-electron chi connectivity index (χ1n) is 6.06. The largest absolute Gasteiger partial charge is 0.496 e. The van der Waals surface area contributed by atoms with E-state index in [1.807, 2.05) is 30.0 Å². The lowest BCUT2D eigenvalue weighted by Crippen LogP contribution is -1.90. The standard InChI is InChI=1S/C16H18OS/c1-17-16-6-4-3-5-15(16)14-9-7-13(8-10-14)11-12-18-2/h3-10H,11-12H2,1-2H3. The molecule has 0 spiro atoms. The molecule has 0 fully saturated rings. The van der Waals surface area contributed by atoms with Crippen molar-refractivity contribution in [2.45, 2.75) is 6.42 Å². The van der Waals surface area contributed by atoms with Crippen LogP contribution in [0.2, 0.25) is 0 Å². The van der Waals surface area contributed by atoms with Crippen molar-refractivity contribution in [3.63, 3.8) is 0 Å². The summed E-state index contributed by atoms with van der Waals surface area (Å²) in [6.45, 7) is 0. The summed E-state index contributed by atoms with van der Waals surface area (Å²) in [6.07, 6.45) is 3.27. The molecule has 0 heterocycles. The molecule has 2 heteroatoms. The zero-order valence-electron chi connectivity index (χ0n) is 10.8. The monoisotopic (exact) mass is 258 g/mol. The van der Waals surface area contributed by atoms with Gasteiger partial charge in [-0.05, 0) is 35.6 Å². The average molecular weight is 258 g/mol. The van der Waals surface area contributed by atoms with E-state index in [-0.39, 0.29) is 0 Å². The Balaban J connectivity index is 2.23. The molecule has 2 rings (SSSR count). The molecule has 1 nitrogen and oxygen atoms in total. The predicted molar refractivity (Wildman–Crippen MR) is 80.5 cm³/mol. The van der Waals surface area contributed by atoms with E-state index >= 15 is 0 Å². The van der Waals surface area contributed by atoms with Crippen molar-refractivity contribution in [1.29, 1.82) is 0 Å². The highest BCUT2D eigenvalue weighted by molar-refractivity contribution is 7.98. The van der Waals surface area contributed by atoms with E-state index in [0.29, 0.717) is 0 Å². The summed E-state index contributed by atoms with van der Waals surface area (Å²) in [5, 5.41) is 0. The molecule has 18 heavy (non-hydrogen) atoms. The number of hydrogen-bond donors (Lipinski definition) is 0. The lowest BCUT2D eigenvalue weighted by atomic mass is 10.0. The van der Waals surface area contributed by atoms with Crippen LogP contribution < -0.4 is 4.74 Å². The van der Waals surface area contributed by atoms with Crippen LogP contribution in [-0.4, -0.2) is 19.1 Å². The first kappa shape index (κ1) is 13.0. The fraction of sp³-hybridized carbons (Fsp3) is 0.250. The molecule has 2 aromatic carbocycles. The Kier molecular flexibility index (Phi) is 4.71. The Labute approximate surface area is 113 Å². The highest BCUT2D eigenvalue weighted by atomic mass is 32.2. The number of hydrogen-bond acceptors (Lipinski definition) is 2. The van der Waals surface area contributed by atoms with Crippen LogP contribution in [0.4, 0.5) is 0 Å². The molecule has 0 saturated carbocycles. The van der Waals surface area contributed by atoms with Gasteiger partial charge in [-0.15, -0.1) is 0 Å². The van der Waals surface area contributed by atoms with Crippen LogP contribution in [0, 0.1) is 0 Å². The molecule has 0 aliphatic heterocycles. The predicted octanol–water partition coefficient (Wildman–Crippen LogP) is 4.27. The van der Waals surface area contributed by atoms with Gasteiger partial charge in [0.25, 0.3) is 0 Å². The van der Waals surface area contributed by atoms with E-state index in [1.165, 1.54) is 16.9 Å². The van der Waals surface area contributed by atoms with E-state index in [4.69, 9.17) is 4.74 Å². The van der Waals surface area contributed by atoms with Crippen molar-refractivity contribution in [1.82, 2.24) is 0 Å². The molecule has 0 radical (unpaired) electrons. The van der Waals surface area contributed by atoms with Crippen LogP contribution in [0.15, 0.2) is 48.5 Å². The fourth-order valence-corrected chi connectivity index (χ4v) is 2.39. The number of aryl methyl sites for hydroxylation is 1. The summed E-state index contributed by atoms with van der Waals surface area (Å²) >= 11 is 1.88. The van der Waals surface area contributed by atoms with Crippen LogP contribution in [0.5, 0.6) is 5.75 Å². The van der Waals surface area contributed by atoms with Crippen molar-refractivity contribution in [2.75, 3.05) is 19.1 Å². The van der Waals surface area contributed by atoms with Gasteiger partial charge in [0, 0.05) is 5.56 Å². The number of benzene rings is 2. The van der Waals surface area contributed by atoms with E-state index in [1.54, 1.807) is 7.11 Å². The van der Waals surface area contributed by atoms with Crippen LogP contribution >= 0.6 is 11.8 Å². The fourth-order valence-electron chi connectivity index (χ4n) is 1.95. The maximum Gasteiger partial charge on any atom is 0.126 e. The van der Waals surface area contributed by atoms with Gasteiger partial charge in [0.1, 0.15) is 5.75 Å². The molecule has 0 amide bonds. The van der Waals surface area contributed by atoms with E-state index in [2.05, 4.69) is 36.6 Å². The SMILES string of the molecule is COc1ccccc1-c1ccc(CCSC)cc1. The molecular formula is C16H18OS. The van der Waals surface area contributed by atoms with Crippen LogP contribution in [0.1, 0.15) is 5.56 Å². The maximum absolute atomic E-state index is 5.39. The average Bonchev–Trinajstić information content (AvgIpc) is 2.45. The summed E-state index contributed by atoms with van der Waals surface area (Å²) in [5.74, 6) is 2.10. The molecule has 2 aromatic rings. The lowest BCUT2D eigenvalue weighted by molar-refractivity contribution is 0.416. The van der Waals surface area contributed by atoms with Crippen molar-refractivity contribution >= 4 is 11.8 Å². The minimum Gasteiger partial charge on any atom is -0.496 e. The maximum atomic E-state index is 5.39. The van der Waals surface area contributed by atoms with Gasteiger partial charge in [-0.2, -0.15) is 11.8 Å². The zero-order valence-corrected chi connectivity index (χ0v) is 11.7. The molecule has 0 saturated heterocycles. The number of rotatable bonds is 5. The van der Waals surface area contributed by atoms with Gasteiger partial charge in [-0.25, -0.2) is 0 Å². The highest BCUT2D eigenvalue weighted by Crippen LogP contribution is 2.29. The van der Waals surface area contributed by atoms with Gasteiger partial charge in [-0.1, -0.05) is 42.5 Å². The van der Waals surface area contributed by atoms with Crippen LogP contribution in [-0.2, 0) is 6.42 Å². The van der Waals surface area contributed by atoms with Gasteiger partial charge in [0.05, 0.1) is 7.11 Å². The summed E-state index contributed by atoms with van der Waals surface area (Å²) in [6, 6.07) is 16.9. The van der Waals surface area contributed by atoms with Gasteiger partial charge in [-0.3, -0.25) is 0 Å². The van der Waals surface area contributed by atoms with E-state index < -0.39 is 0 Å². The topological polar surface area (TPSA) is 9.23 Å². The molecule has 0 aliphatic carbocycles. The second-order valence-electron chi connectivity index (χ2n) is 4.14. The second-order valence-corrected chi connectivity index (χ2v) is 5.13. The number of thioether (sulfide) groups is 1. The van der Waals surface area contributed by atoms with Crippen molar-refractivity contribution in [3.8, 4) is 16.9 Å². The molecule has 0 aliphatic rings. The van der Waals surface area contributed by atoms with E-state index in [0.717, 1.165) is 17.7 Å². The Hall–Kier alpha value is -1.41. The summed E-state index contributed by atoms with van der Waals surface area (Å²) in [4.78, 5) is 0. The highest BCUT2D eigenvalue weighted by Gasteiger charge is 2.04. The summed E-state index contributed by atoms with van der Waals surface area (Å²) in [5.41, 5.74) is 3.75. The Morgan fingerprint density at radius 1 is 1.00 bits per heavy atom. The molecule has 0 bridgehead atoms. The number of ether oxygens (including phenoxy) is 1. The minimum absolute atomic E-state index is 0.925. The Morgan fingerprint density at radius 2 is 1.72 bits per heavy atom. The Bertz CT molecular complexity index is 491. The van der Waals surface area contributed by atoms with Gasteiger partial charge in [0.15, 0.2) is 0 Å². The third-order valence-electron chi connectivity index (χ3n) is 2.97. The van der Waals surface area contributed by atoms with E-state index in [9.17, 15) is 0 Å². The number of methoxy groups -OCH3 is 1. The molecule has 0 atom stereocenters. The normalized spacial score (nSPS) is 10.3. The summed E-state index contributed by atoms with van der Waals surface area (Å²) < 4.78 is 5.39. The quantitative estimate of drug-likeness (QED) is 0.792. The molecule has 0 N–H and O–H groups in total. The smallest absolute Gasteiger partial charge is 0.126 e. The number of para-hydroxylation sites is 1. The molecule has 0 unspecified atom stereocenters. The third kappa shape index (κ3) is 3.08. The van der Waals surface area contributed by atoms with Crippen molar-refractivity contribution in [2.24, 2.45) is 0 Å². The van der Waals surface area contributed by atoms with Crippen LogP contribution in [0.3, 0.4) is 0 Å². The first-order chi connectivity index (χ1) is 8.85. The van der Waals surface area contributed by atoms with Gasteiger partial charge < -0.3 is 4.74 Å². The molecular weight excluding hydrogens is 240 g/mol. The lowest BCUT2D eigenvalue weighted by Gasteiger charge is -2.09. The zero-order chi connectivity index (χ0) is 12.8. The third-order valence-corrected chi connectivity index (χ3v) is 3.58. The Morgan fingerprint density at radius 3 is 2.39 bits per heavy atom. The summed E-state index contributed by atoms with van der Waals surface area (Å²) in [7, 11) is 1.71. The molecule has 94 valence electrons. The second kappa shape index (κ2) is 6.50. The van der Waals surface area contributed by atoms with Gasteiger partial charge in [0.2, 0.25) is 0 Å². The van der Waals surface area contributed by atoms with Gasteiger partial charge >= 0.3 is 0 Å². The molecule has 0 aromatic heterocycles.